The highest BCUT2D eigenvalue weighted by Crippen LogP contribution is 2.26. The van der Waals surface area contributed by atoms with Crippen molar-refractivity contribution in [3.63, 3.8) is 0 Å². The van der Waals surface area contributed by atoms with Gasteiger partial charge in [0.05, 0.1) is 5.56 Å². The van der Waals surface area contributed by atoms with E-state index in [2.05, 4.69) is 4.98 Å². The Morgan fingerprint density at radius 1 is 1.23 bits per heavy atom. The first-order chi connectivity index (χ1) is 10.5. The summed E-state index contributed by atoms with van der Waals surface area (Å²) in [5, 5.41) is 10.9. The van der Waals surface area contributed by atoms with Crippen LogP contribution in [0.25, 0.3) is 10.9 Å². The van der Waals surface area contributed by atoms with Gasteiger partial charge in [-0.25, -0.2) is 4.79 Å². The normalized spacial score (nSPS) is 10.8. The van der Waals surface area contributed by atoms with E-state index in [4.69, 9.17) is 16.3 Å². The van der Waals surface area contributed by atoms with Gasteiger partial charge in [-0.1, -0.05) is 23.7 Å². The molecule has 0 radical (unpaired) electrons. The van der Waals surface area contributed by atoms with Gasteiger partial charge in [-0.3, -0.25) is 0 Å². The molecule has 0 amide bonds. The van der Waals surface area contributed by atoms with E-state index in [0.717, 1.165) is 11.1 Å². The van der Waals surface area contributed by atoms with Crippen LogP contribution in [-0.2, 0) is 11.3 Å². The molecule has 0 bridgehead atoms. The molecule has 0 unspecified atom stereocenters. The molecule has 1 aromatic heterocycles. The summed E-state index contributed by atoms with van der Waals surface area (Å²) >= 11 is 5.82. The molecule has 1 heterocycles. The summed E-state index contributed by atoms with van der Waals surface area (Å²) in [4.78, 5) is 15.5. The molecule has 3 rings (SSSR count). The second-order valence-electron chi connectivity index (χ2n) is 5.06. The summed E-state index contributed by atoms with van der Waals surface area (Å²) in [5.41, 5.74) is 2.80. The van der Waals surface area contributed by atoms with E-state index in [0.29, 0.717) is 21.7 Å². The Labute approximate surface area is 132 Å². The summed E-state index contributed by atoms with van der Waals surface area (Å²) in [7, 11) is 0. The number of hydrogen-bond acceptors (Lipinski definition) is 3. The number of hydrogen-bond donors (Lipinski definition) is 2. The largest absolute Gasteiger partial charge is 0.508 e. The predicted molar refractivity (Wildman–Crippen MR) is 85.3 cm³/mol. The van der Waals surface area contributed by atoms with Gasteiger partial charge in [0.1, 0.15) is 12.4 Å². The molecule has 0 saturated carbocycles. The van der Waals surface area contributed by atoms with Gasteiger partial charge in [0, 0.05) is 21.6 Å². The molecule has 0 aliphatic carbocycles. The Morgan fingerprint density at radius 3 is 2.68 bits per heavy atom. The highest BCUT2D eigenvalue weighted by molar-refractivity contribution is 6.30. The number of rotatable bonds is 3. The van der Waals surface area contributed by atoms with Crippen LogP contribution in [0.15, 0.2) is 42.5 Å². The number of benzene rings is 2. The smallest absolute Gasteiger partial charge is 0.340 e. The summed E-state index contributed by atoms with van der Waals surface area (Å²) in [6.45, 7) is 1.97. The Hall–Kier alpha value is -2.46. The fraction of sp³-hybridized carbons (Fsp3) is 0.118. The number of carbonyl (C=O) groups excluding carboxylic acids is 1. The first-order valence-corrected chi connectivity index (χ1v) is 7.15. The van der Waals surface area contributed by atoms with Gasteiger partial charge in [-0.05, 0) is 42.8 Å². The average Bonchev–Trinajstić information content (AvgIpc) is 2.81. The van der Waals surface area contributed by atoms with Crippen molar-refractivity contribution in [2.75, 3.05) is 0 Å². The summed E-state index contributed by atoms with van der Waals surface area (Å²) in [6.07, 6.45) is 0. The molecule has 4 nitrogen and oxygen atoms in total. The number of esters is 1. The number of phenols is 1. The maximum Gasteiger partial charge on any atom is 0.340 e. The minimum atomic E-state index is -0.427. The minimum Gasteiger partial charge on any atom is -0.508 e. The topological polar surface area (TPSA) is 62.3 Å². The molecule has 112 valence electrons. The lowest BCUT2D eigenvalue weighted by Crippen LogP contribution is -2.06. The van der Waals surface area contributed by atoms with Gasteiger partial charge in [0.25, 0.3) is 0 Å². The maximum atomic E-state index is 12.3. The Kier molecular flexibility index (Phi) is 3.77. The minimum absolute atomic E-state index is 0.109. The Bertz CT molecular complexity index is 837. The van der Waals surface area contributed by atoms with Crippen molar-refractivity contribution in [2.24, 2.45) is 0 Å². The number of halogens is 1. The van der Waals surface area contributed by atoms with Crippen LogP contribution in [-0.4, -0.2) is 16.1 Å². The van der Waals surface area contributed by atoms with Crippen molar-refractivity contribution in [1.29, 1.82) is 0 Å². The maximum absolute atomic E-state index is 12.3. The Balaban J connectivity index is 1.84. The zero-order valence-corrected chi connectivity index (χ0v) is 12.6. The predicted octanol–water partition coefficient (Wildman–Crippen LogP) is 4.19. The monoisotopic (exact) mass is 315 g/mol. The van der Waals surface area contributed by atoms with Crippen molar-refractivity contribution >= 4 is 28.5 Å². The zero-order valence-electron chi connectivity index (χ0n) is 11.9. The molecule has 0 spiro atoms. The third kappa shape index (κ3) is 2.78. The lowest BCUT2D eigenvalue weighted by atomic mass is 10.1. The molecule has 0 aliphatic rings. The number of aromatic hydroxyl groups is 1. The molecule has 2 N–H and O–H groups in total. The van der Waals surface area contributed by atoms with Crippen LogP contribution < -0.4 is 0 Å². The van der Waals surface area contributed by atoms with Crippen LogP contribution in [0.2, 0.25) is 5.02 Å². The van der Waals surface area contributed by atoms with E-state index in [1.54, 1.807) is 37.3 Å². The molecule has 5 heteroatoms. The van der Waals surface area contributed by atoms with Crippen molar-refractivity contribution in [2.45, 2.75) is 13.5 Å². The highest BCUT2D eigenvalue weighted by Gasteiger charge is 2.18. The first-order valence-electron chi connectivity index (χ1n) is 6.77. The summed E-state index contributed by atoms with van der Waals surface area (Å²) in [5.74, 6) is -0.317. The third-order valence-corrected chi connectivity index (χ3v) is 3.71. The van der Waals surface area contributed by atoms with Gasteiger partial charge in [0.2, 0.25) is 0 Å². The van der Waals surface area contributed by atoms with Gasteiger partial charge in [0.15, 0.2) is 0 Å². The van der Waals surface area contributed by atoms with E-state index < -0.39 is 5.97 Å². The summed E-state index contributed by atoms with van der Waals surface area (Å²) < 4.78 is 5.36. The number of fused-ring (bicyclic) bond motifs is 1. The highest BCUT2D eigenvalue weighted by atomic mass is 35.5. The third-order valence-electron chi connectivity index (χ3n) is 3.46. The number of phenolic OH excluding ortho intramolecular Hbond substituents is 1. The van der Waals surface area contributed by atoms with Crippen molar-refractivity contribution in [3.8, 4) is 5.75 Å². The molecule has 0 atom stereocenters. The van der Waals surface area contributed by atoms with Crippen LogP contribution in [0.1, 0.15) is 21.6 Å². The lowest BCUT2D eigenvalue weighted by molar-refractivity contribution is 0.0474. The molecule has 0 saturated heterocycles. The summed E-state index contributed by atoms with van der Waals surface area (Å²) in [6, 6.07) is 12.0. The van der Waals surface area contributed by atoms with Crippen LogP contribution >= 0.6 is 11.6 Å². The lowest BCUT2D eigenvalue weighted by Gasteiger charge is -2.05. The van der Waals surface area contributed by atoms with Gasteiger partial charge in [-0.15, -0.1) is 0 Å². The molecule has 22 heavy (non-hydrogen) atoms. The zero-order chi connectivity index (χ0) is 15.7. The fourth-order valence-electron chi connectivity index (χ4n) is 2.38. The van der Waals surface area contributed by atoms with Crippen molar-refractivity contribution < 1.29 is 14.6 Å². The van der Waals surface area contributed by atoms with Gasteiger partial charge >= 0.3 is 5.97 Å². The van der Waals surface area contributed by atoms with Gasteiger partial charge < -0.3 is 14.8 Å². The average molecular weight is 316 g/mol. The molecular formula is C17H14ClNO3. The van der Waals surface area contributed by atoms with E-state index in [-0.39, 0.29) is 12.4 Å². The van der Waals surface area contributed by atoms with E-state index in [1.165, 1.54) is 0 Å². The quantitative estimate of drug-likeness (QED) is 0.712. The number of carbonyl (C=O) groups is 1. The van der Waals surface area contributed by atoms with E-state index >= 15 is 0 Å². The SMILES string of the molecule is Cc1[nH]c2ccc(O)cc2c1C(=O)OCc1ccc(Cl)cc1. The fourth-order valence-corrected chi connectivity index (χ4v) is 2.51. The molecular weight excluding hydrogens is 302 g/mol. The molecule has 0 aliphatic heterocycles. The number of H-pyrrole nitrogens is 1. The Morgan fingerprint density at radius 2 is 1.95 bits per heavy atom. The molecule has 2 aromatic carbocycles. The van der Waals surface area contributed by atoms with Crippen molar-refractivity contribution in [3.05, 3.63) is 64.3 Å². The van der Waals surface area contributed by atoms with Crippen molar-refractivity contribution in [1.82, 2.24) is 4.98 Å². The van der Waals surface area contributed by atoms with E-state index in [1.807, 2.05) is 12.1 Å². The number of aryl methyl sites for hydroxylation is 1. The van der Waals surface area contributed by atoms with Crippen LogP contribution in [0, 0.1) is 6.92 Å². The molecule has 3 aromatic rings. The number of nitrogens with one attached hydrogen (secondary N) is 1. The number of ether oxygens (including phenoxy) is 1. The first kappa shape index (κ1) is 14.5. The number of aromatic amines is 1. The molecule has 0 fully saturated rings. The second-order valence-corrected chi connectivity index (χ2v) is 5.49. The van der Waals surface area contributed by atoms with Gasteiger partial charge in [-0.2, -0.15) is 0 Å². The second kappa shape index (κ2) is 5.73. The van der Waals surface area contributed by atoms with E-state index in [9.17, 15) is 9.90 Å². The standard InChI is InChI=1S/C17H14ClNO3/c1-10-16(14-8-13(20)6-7-15(14)19-10)17(21)22-9-11-2-4-12(18)5-3-11/h2-8,19-20H,9H2,1H3. The van der Waals surface area contributed by atoms with Crippen LogP contribution in [0.3, 0.4) is 0 Å². The number of aromatic nitrogens is 1. The van der Waals surface area contributed by atoms with Crippen LogP contribution in [0.5, 0.6) is 5.75 Å². The van der Waals surface area contributed by atoms with Crippen LogP contribution in [0.4, 0.5) is 0 Å².